The Morgan fingerprint density at radius 3 is 2.50 bits per heavy atom. The van der Waals surface area contributed by atoms with Crippen molar-refractivity contribution < 1.29 is 28.2 Å². The summed E-state index contributed by atoms with van der Waals surface area (Å²) in [6.45, 7) is -0.316. The zero-order valence-electron chi connectivity index (χ0n) is 10.8. The van der Waals surface area contributed by atoms with Gasteiger partial charge < -0.3 is 9.47 Å². The van der Waals surface area contributed by atoms with Crippen molar-refractivity contribution in [1.82, 2.24) is 0 Å². The summed E-state index contributed by atoms with van der Waals surface area (Å²) < 4.78 is 24.1. The van der Waals surface area contributed by atoms with Crippen molar-refractivity contribution in [2.45, 2.75) is 12.1 Å². The summed E-state index contributed by atoms with van der Waals surface area (Å²) in [5.74, 6) is -4.14. The first-order chi connectivity index (χ1) is 9.50. The highest BCUT2D eigenvalue weighted by Crippen LogP contribution is 2.34. The van der Waals surface area contributed by atoms with Crippen LogP contribution in [0.25, 0.3) is 0 Å². The minimum atomic E-state index is -2.91. The van der Waals surface area contributed by atoms with Crippen molar-refractivity contribution in [2.75, 3.05) is 13.7 Å². The summed E-state index contributed by atoms with van der Waals surface area (Å²) in [6, 6.07) is 7.58. The van der Waals surface area contributed by atoms with Crippen molar-refractivity contribution in [1.29, 1.82) is 0 Å². The molecule has 5 nitrogen and oxygen atoms in total. The van der Waals surface area contributed by atoms with E-state index in [1.54, 1.807) is 18.2 Å². The van der Waals surface area contributed by atoms with E-state index in [4.69, 9.17) is 0 Å². The average Bonchev–Trinajstić information content (AvgIpc) is 2.92. The van der Waals surface area contributed by atoms with Gasteiger partial charge in [-0.1, -0.05) is 30.3 Å². The lowest BCUT2D eigenvalue weighted by molar-refractivity contribution is -0.154. The van der Waals surface area contributed by atoms with E-state index in [9.17, 15) is 14.4 Å². The Balaban J connectivity index is 2.39. The molecule has 1 aliphatic heterocycles. The van der Waals surface area contributed by atoms with Crippen LogP contribution in [0.15, 0.2) is 30.3 Å². The van der Waals surface area contributed by atoms with E-state index in [1.807, 2.05) is 0 Å². The summed E-state index contributed by atoms with van der Waals surface area (Å²) in [4.78, 5) is 35.2. The number of alkyl halides is 1. The molecule has 106 valence electrons. The van der Waals surface area contributed by atoms with E-state index in [2.05, 4.69) is 9.47 Å². The summed E-state index contributed by atoms with van der Waals surface area (Å²) in [5, 5.41) is 0. The number of rotatable bonds is 4. The number of esters is 2. The van der Waals surface area contributed by atoms with Crippen molar-refractivity contribution in [3.8, 4) is 0 Å². The van der Waals surface area contributed by atoms with Gasteiger partial charge in [0, 0.05) is 5.56 Å². The lowest BCUT2D eigenvalue weighted by Crippen LogP contribution is -2.50. The van der Waals surface area contributed by atoms with Gasteiger partial charge in [-0.2, -0.15) is 0 Å². The van der Waals surface area contributed by atoms with Crippen LogP contribution < -0.4 is 0 Å². The maximum absolute atomic E-state index is 15.1. The molecule has 0 unspecified atom stereocenters. The molecule has 1 aromatic rings. The topological polar surface area (TPSA) is 69.7 Å². The SMILES string of the molecule is COC(=O)[C@](F)(C(=O)c1ccccc1)[C@H]1COC(=O)C1. The van der Waals surface area contributed by atoms with Crippen LogP contribution >= 0.6 is 0 Å². The molecule has 6 heteroatoms. The molecular formula is C14H13FO5. The molecular weight excluding hydrogens is 267 g/mol. The predicted molar refractivity (Wildman–Crippen MR) is 65.7 cm³/mol. The number of methoxy groups -OCH3 is 1. The van der Waals surface area contributed by atoms with E-state index in [0.29, 0.717) is 0 Å². The van der Waals surface area contributed by atoms with E-state index >= 15 is 4.39 Å². The zero-order chi connectivity index (χ0) is 14.8. The molecule has 20 heavy (non-hydrogen) atoms. The largest absolute Gasteiger partial charge is 0.466 e. The van der Waals surface area contributed by atoms with Gasteiger partial charge in [0.2, 0.25) is 5.78 Å². The van der Waals surface area contributed by atoms with Crippen LogP contribution in [0.3, 0.4) is 0 Å². The maximum atomic E-state index is 15.1. The van der Waals surface area contributed by atoms with Crippen LogP contribution in [0.4, 0.5) is 4.39 Å². The number of ether oxygens (including phenoxy) is 2. The molecule has 1 fully saturated rings. The Hall–Kier alpha value is -2.24. The Morgan fingerprint density at radius 1 is 1.35 bits per heavy atom. The van der Waals surface area contributed by atoms with Gasteiger partial charge in [0.05, 0.1) is 26.1 Å². The van der Waals surface area contributed by atoms with Gasteiger partial charge in [-0.3, -0.25) is 9.59 Å². The highest BCUT2D eigenvalue weighted by Gasteiger charge is 2.57. The number of carbonyl (C=O) groups excluding carboxylic acids is 3. The number of Topliss-reactive ketones (excluding diaryl/α,β-unsaturated/α-hetero) is 1. The van der Waals surface area contributed by atoms with Crippen molar-refractivity contribution in [3.05, 3.63) is 35.9 Å². The third kappa shape index (κ3) is 2.29. The number of benzene rings is 1. The second-order valence-electron chi connectivity index (χ2n) is 4.48. The number of cyclic esters (lactones) is 1. The van der Waals surface area contributed by atoms with Gasteiger partial charge in [0.1, 0.15) is 0 Å². The molecule has 1 heterocycles. The minimum absolute atomic E-state index is 0.0414. The predicted octanol–water partition coefficient (Wildman–Crippen LogP) is 1.31. The van der Waals surface area contributed by atoms with Gasteiger partial charge in [-0.25, -0.2) is 9.18 Å². The van der Waals surface area contributed by atoms with Gasteiger partial charge in [0.25, 0.3) is 5.67 Å². The third-order valence-electron chi connectivity index (χ3n) is 3.27. The summed E-state index contributed by atoms with van der Waals surface area (Å²) in [7, 11) is 0.993. The van der Waals surface area contributed by atoms with Crippen LogP contribution in [-0.4, -0.2) is 37.1 Å². The molecule has 1 saturated heterocycles. The normalized spacial score (nSPS) is 20.9. The molecule has 1 aromatic carbocycles. The second kappa shape index (κ2) is 5.40. The standard InChI is InChI=1S/C14H13FO5/c1-19-13(18)14(15,10-7-11(16)20-8-10)12(17)9-5-3-2-4-6-9/h2-6,10H,7-8H2,1H3/t10-,14-/m1/s1. The summed E-state index contributed by atoms with van der Waals surface area (Å²) >= 11 is 0. The van der Waals surface area contributed by atoms with Gasteiger partial charge in [0.15, 0.2) is 0 Å². The fourth-order valence-corrected chi connectivity index (χ4v) is 2.16. The molecule has 0 bridgehead atoms. The molecule has 2 rings (SSSR count). The van der Waals surface area contributed by atoms with Gasteiger partial charge in [-0.15, -0.1) is 0 Å². The van der Waals surface area contributed by atoms with E-state index in [-0.39, 0.29) is 18.6 Å². The fourth-order valence-electron chi connectivity index (χ4n) is 2.16. The van der Waals surface area contributed by atoms with Crippen molar-refractivity contribution >= 4 is 17.7 Å². The first-order valence-corrected chi connectivity index (χ1v) is 6.03. The highest BCUT2D eigenvalue weighted by atomic mass is 19.1. The Labute approximate surface area is 114 Å². The Morgan fingerprint density at radius 2 is 2.00 bits per heavy atom. The zero-order valence-corrected chi connectivity index (χ0v) is 10.8. The molecule has 0 spiro atoms. The van der Waals surface area contributed by atoms with Crippen LogP contribution in [-0.2, 0) is 19.1 Å². The highest BCUT2D eigenvalue weighted by molar-refractivity contribution is 6.16. The smallest absolute Gasteiger partial charge is 0.352 e. The quantitative estimate of drug-likeness (QED) is 0.472. The van der Waals surface area contributed by atoms with Crippen LogP contribution in [0.1, 0.15) is 16.8 Å². The third-order valence-corrected chi connectivity index (χ3v) is 3.27. The number of ketones is 1. The molecule has 2 atom stereocenters. The van der Waals surface area contributed by atoms with Crippen LogP contribution in [0.5, 0.6) is 0 Å². The van der Waals surface area contributed by atoms with Gasteiger partial charge >= 0.3 is 11.9 Å². The molecule has 0 N–H and O–H groups in total. The van der Waals surface area contributed by atoms with E-state index in [1.165, 1.54) is 12.1 Å². The molecule has 0 saturated carbocycles. The van der Waals surface area contributed by atoms with Gasteiger partial charge in [-0.05, 0) is 0 Å². The number of carbonyl (C=O) groups is 3. The molecule has 0 amide bonds. The molecule has 0 aliphatic carbocycles. The lowest BCUT2D eigenvalue weighted by atomic mass is 9.82. The Kier molecular flexibility index (Phi) is 3.83. The lowest BCUT2D eigenvalue weighted by Gasteiger charge is -2.25. The first kappa shape index (κ1) is 14.2. The molecule has 1 aliphatic rings. The van der Waals surface area contributed by atoms with Crippen molar-refractivity contribution in [2.24, 2.45) is 5.92 Å². The molecule has 0 aromatic heterocycles. The van der Waals surface area contributed by atoms with E-state index < -0.39 is 29.3 Å². The van der Waals surface area contributed by atoms with Crippen molar-refractivity contribution in [3.63, 3.8) is 0 Å². The monoisotopic (exact) mass is 280 g/mol. The number of hydrogen-bond donors (Lipinski definition) is 0. The molecule has 0 radical (unpaired) electrons. The average molecular weight is 280 g/mol. The maximum Gasteiger partial charge on any atom is 0.352 e. The summed E-state index contributed by atoms with van der Waals surface area (Å²) in [5.41, 5.74) is -2.87. The first-order valence-electron chi connectivity index (χ1n) is 6.03. The van der Waals surface area contributed by atoms with Crippen LogP contribution in [0, 0.1) is 5.92 Å². The van der Waals surface area contributed by atoms with Crippen LogP contribution in [0.2, 0.25) is 0 Å². The Bertz CT molecular complexity index is 542. The fraction of sp³-hybridized carbons (Fsp3) is 0.357. The van der Waals surface area contributed by atoms with E-state index in [0.717, 1.165) is 7.11 Å². The summed E-state index contributed by atoms with van der Waals surface area (Å²) in [6.07, 6.45) is -0.329. The number of halogens is 1. The second-order valence-corrected chi connectivity index (χ2v) is 4.48. The minimum Gasteiger partial charge on any atom is -0.466 e. The number of hydrogen-bond acceptors (Lipinski definition) is 5.